The molecule has 84 valence electrons. The van der Waals surface area contributed by atoms with E-state index >= 15 is 0 Å². The van der Waals surface area contributed by atoms with E-state index in [1.165, 1.54) is 0 Å². The third kappa shape index (κ3) is 1.78. The molecule has 0 fully saturated rings. The lowest BCUT2D eigenvalue weighted by molar-refractivity contribution is -0.137. The van der Waals surface area contributed by atoms with Gasteiger partial charge in [-0.25, -0.2) is 4.98 Å². The molecule has 1 aromatic carbocycles. The Labute approximate surface area is 93.5 Å². The van der Waals surface area contributed by atoms with E-state index in [9.17, 15) is 4.79 Å². The molecule has 2 aromatic rings. The van der Waals surface area contributed by atoms with Crippen molar-refractivity contribution in [1.82, 2.24) is 9.55 Å². The minimum Gasteiger partial charge on any atom is -0.481 e. The standard InChI is InChI=1S/C12H14N2O2/c1-8-4-3-5-10-12(8)14(9(2)13-10)7-6-11(15)16/h3-5H,6-7H2,1-2H3,(H,15,16). The number of fused-ring (bicyclic) bond motifs is 1. The van der Waals surface area contributed by atoms with Gasteiger partial charge in [0.25, 0.3) is 0 Å². The largest absolute Gasteiger partial charge is 0.481 e. The highest BCUT2D eigenvalue weighted by Crippen LogP contribution is 2.19. The highest BCUT2D eigenvalue weighted by molar-refractivity contribution is 5.79. The number of aromatic nitrogens is 2. The van der Waals surface area contributed by atoms with Crippen LogP contribution in [0.1, 0.15) is 17.8 Å². The number of nitrogens with zero attached hydrogens (tertiary/aromatic N) is 2. The lowest BCUT2D eigenvalue weighted by atomic mass is 10.2. The topological polar surface area (TPSA) is 55.1 Å². The Morgan fingerprint density at radius 3 is 2.88 bits per heavy atom. The normalized spacial score (nSPS) is 10.9. The van der Waals surface area contributed by atoms with Crippen molar-refractivity contribution >= 4 is 17.0 Å². The van der Waals surface area contributed by atoms with Gasteiger partial charge in [-0.2, -0.15) is 0 Å². The molecule has 0 atom stereocenters. The van der Waals surface area contributed by atoms with Crippen LogP contribution in [-0.2, 0) is 11.3 Å². The van der Waals surface area contributed by atoms with Gasteiger partial charge in [-0.05, 0) is 25.5 Å². The van der Waals surface area contributed by atoms with Gasteiger partial charge >= 0.3 is 5.97 Å². The van der Waals surface area contributed by atoms with Crippen LogP contribution in [0.3, 0.4) is 0 Å². The summed E-state index contributed by atoms with van der Waals surface area (Å²) in [6.07, 6.45) is 0.126. The van der Waals surface area contributed by atoms with Crippen LogP contribution in [0.15, 0.2) is 18.2 Å². The molecule has 1 heterocycles. The Bertz CT molecular complexity index is 543. The predicted molar refractivity (Wildman–Crippen MR) is 61.5 cm³/mol. The summed E-state index contributed by atoms with van der Waals surface area (Å²) in [5.41, 5.74) is 3.10. The minimum absolute atomic E-state index is 0.126. The zero-order valence-corrected chi connectivity index (χ0v) is 9.40. The number of hydrogen-bond donors (Lipinski definition) is 1. The Morgan fingerprint density at radius 1 is 1.44 bits per heavy atom. The maximum Gasteiger partial charge on any atom is 0.305 e. The van der Waals surface area contributed by atoms with Crippen molar-refractivity contribution in [2.45, 2.75) is 26.8 Å². The number of benzene rings is 1. The predicted octanol–water partition coefficient (Wildman–Crippen LogP) is 2.13. The number of para-hydroxylation sites is 1. The minimum atomic E-state index is -0.783. The van der Waals surface area contributed by atoms with Crippen LogP contribution >= 0.6 is 0 Å². The second-order valence-electron chi connectivity index (χ2n) is 3.90. The summed E-state index contributed by atoms with van der Waals surface area (Å²) in [5, 5.41) is 8.71. The van der Waals surface area contributed by atoms with E-state index < -0.39 is 5.97 Å². The van der Waals surface area contributed by atoms with Gasteiger partial charge in [0.05, 0.1) is 17.5 Å². The van der Waals surface area contributed by atoms with E-state index in [0.717, 1.165) is 22.4 Å². The van der Waals surface area contributed by atoms with Gasteiger partial charge in [0.1, 0.15) is 5.82 Å². The SMILES string of the molecule is Cc1cccc2nc(C)n(CCC(=O)O)c12. The molecule has 1 aromatic heterocycles. The molecule has 4 nitrogen and oxygen atoms in total. The molecule has 0 aliphatic rings. The summed E-state index contributed by atoms with van der Waals surface area (Å²) in [5.74, 6) is 0.0837. The summed E-state index contributed by atoms with van der Waals surface area (Å²) in [4.78, 5) is 15.0. The number of hydrogen-bond acceptors (Lipinski definition) is 2. The molecule has 0 aliphatic carbocycles. The Hall–Kier alpha value is -1.84. The average molecular weight is 218 g/mol. The highest BCUT2D eigenvalue weighted by Gasteiger charge is 2.10. The lowest BCUT2D eigenvalue weighted by Gasteiger charge is -2.06. The maximum atomic E-state index is 10.6. The molecule has 1 N–H and O–H groups in total. The summed E-state index contributed by atoms with van der Waals surface area (Å²) in [6, 6.07) is 5.93. The van der Waals surface area contributed by atoms with Crippen molar-refractivity contribution in [3.63, 3.8) is 0 Å². The molecule has 0 bridgehead atoms. The summed E-state index contributed by atoms with van der Waals surface area (Å²) < 4.78 is 1.97. The molecule has 16 heavy (non-hydrogen) atoms. The van der Waals surface area contributed by atoms with E-state index in [2.05, 4.69) is 4.98 Å². The second-order valence-corrected chi connectivity index (χ2v) is 3.90. The van der Waals surface area contributed by atoms with Gasteiger partial charge in [-0.15, -0.1) is 0 Å². The van der Waals surface area contributed by atoms with Crippen molar-refractivity contribution < 1.29 is 9.90 Å². The van der Waals surface area contributed by atoms with Crippen molar-refractivity contribution in [2.24, 2.45) is 0 Å². The van der Waals surface area contributed by atoms with Crippen LogP contribution < -0.4 is 0 Å². The Kier molecular flexibility index (Phi) is 2.64. The van der Waals surface area contributed by atoms with Gasteiger partial charge in [0.2, 0.25) is 0 Å². The van der Waals surface area contributed by atoms with Gasteiger partial charge < -0.3 is 9.67 Å². The van der Waals surface area contributed by atoms with E-state index in [4.69, 9.17) is 5.11 Å². The van der Waals surface area contributed by atoms with Gasteiger partial charge in [0.15, 0.2) is 0 Å². The number of aliphatic carboxylic acids is 1. The molecule has 0 amide bonds. The fourth-order valence-corrected chi connectivity index (χ4v) is 1.96. The zero-order valence-electron chi connectivity index (χ0n) is 9.40. The molecule has 0 radical (unpaired) electrons. The van der Waals surface area contributed by atoms with Crippen LogP contribution in [0.4, 0.5) is 0 Å². The molecular formula is C12H14N2O2. The zero-order chi connectivity index (χ0) is 11.7. The van der Waals surface area contributed by atoms with Crippen LogP contribution in [0.5, 0.6) is 0 Å². The van der Waals surface area contributed by atoms with Crippen molar-refractivity contribution in [3.05, 3.63) is 29.6 Å². The molecule has 0 spiro atoms. The highest BCUT2D eigenvalue weighted by atomic mass is 16.4. The first-order valence-corrected chi connectivity index (χ1v) is 5.24. The molecule has 0 unspecified atom stereocenters. The fourth-order valence-electron chi connectivity index (χ4n) is 1.96. The number of carbonyl (C=O) groups is 1. The number of aryl methyl sites for hydroxylation is 3. The second kappa shape index (κ2) is 3.96. The summed E-state index contributed by atoms with van der Waals surface area (Å²) in [6.45, 7) is 4.39. The van der Waals surface area contributed by atoms with Gasteiger partial charge in [0, 0.05) is 6.54 Å². The number of rotatable bonds is 3. The van der Waals surface area contributed by atoms with Crippen LogP contribution in [-0.4, -0.2) is 20.6 Å². The van der Waals surface area contributed by atoms with Crippen molar-refractivity contribution in [1.29, 1.82) is 0 Å². The quantitative estimate of drug-likeness (QED) is 0.858. The first-order valence-electron chi connectivity index (χ1n) is 5.24. The third-order valence-corrected chi connectivity index (χ3v) is 2.71. The van der Waals surface area contributed by atoms with Crippen LogP contribution in [0.2, 0.25) is 0 Å². The summed E-state index contributed by atoms with van der Waals surface area (Å²) in [7, 11) is 0. The van der Waals surface area contributed by atoms with Gasteiger partial charge in [-0.3, -0.25) is 4.79 Å². The Morgan fingerprint density at radius 2 is 2.19 bits per heavy atom. The van der Waals surface area contributed by atoms with E-state index in [1.54, 1.807) is 0 Å². The van der Waals surface area contributed by atoms with Gasteiger partial charge in [-0.1, -0.05) is 12.1 Å². The van der Waals surface area contributed by atoms with Crippen LogP contribution in [0.25, 0.3) is 11.0 Å². The molecule has 2 rings (SSSR count). The maximum absolute atomic E-state index is 10.6. The molecular weight excluding hydrogens is 204 g/mol. The van der Waals surface area contributed by atoms with Crippen molar-refractivity contribution in [3.8, 4) is 0 Å². The average Bonchev–Trinajstić information content (AvgIpc) is 2.52. The smallest absolute Gasteiger partial charge is 0.305 e. The van der Waals surface area contributed by atoms with E-state index in [0.29, 0.717) is 6.54 Å². The molecule has 0 aliphatic heterocycles. The monoisotopic (exact) mass is 218 g/mol. The first kappa shape index (κ1) is 10.7. The van der Waals surface area contributed by atoms with Crippen LogP contribution in [0, 0.1) is 13.8 Å². The fraction of sp³-hybridized carbons (Fsp3) is 0.333. The third-order valence-electron chi connectivity index (χ3n) is 2.71. The lowest BCUT2D eigenvalue weighted by Crippen LogP contribution is -2.06. The first-order chi connectivity index (χ1) is 7.59. The van der Waals surface area contributed by atoms with E-state index in [1.807, 2.05) is 36.6 Å². The number of carboxylic acid groups (broad SMARTS) is 1. The Balaban J connectivity index is 2.50. The molecule has 0 saturated heterocycles. The molecule has 4 heteroatoms. The van der Waals surface area contributed by atoms with E-state index in [-0.39, 0.29) is 6.42 Å². The van der Waals surface area contributed by atoms with Crippen molar-refractivity contribution in [2.75, 3.05) is 0 Å². The number of carboxylic acids is 1. The number of imidazole rings is 1. The molecule has 0 saturated carbocycles. The summed E-state index contributed by atoms with van der Waals surface area (Å²) >= 11 is 0.